The first kappa shape index (κ1) is 15.7. The second-order valence-corrected chi connectivity index (χ2v) is 4.89. The predicted octanol–water partition coefficient (Wildman–Crippen LogP) is 3.94. The summed E-state index contributed by atoms with van der Waals surface area (Å²) in [5, 5.41) is 4.54. The van der Waals surface area contributed by atoms with Crippen molar-refractivity contribution in [3.63, 3.8) is 0 Å². The summed E-state index contributed by atoms with van der Waals surface area (Å²) < 4.78 is 32.4. The topological polar surface area (TPSA) is 67.2 Å². The molecule has 2 N–H and O–H groups in total. The number of hydrogen-bond acceptors (Lipinski definition) is 3. The van der Waals surface area contributed by atoms with Crippen molar-refractivity contribution in [3.05, 3.63) is 72.3 Å². The van der Waals surface area contributed by atoms with Gasteiger partial charge in [0.05, 0.1) is 12.7 Å². The number of hydrogen-bond donors (Lipinski definition) is 2. The van der Waals surface area contributed by atoms with Gasteiger partial charge >= 0.3 is 6.03 Å². The van der Waals surface area contributed by atoms with E-state index in [4.69, 9.17) is 4.42 Å². The average molecular weight is 329 g/mol. The van der Waals surface area contributed by atoms with Gasteiger partial charge in [-0.15, -0.1) is 0 Å². The monoisotopic (exact) mass is 329 g/mol. The molecule has 0 bridgehead atoms. The lowest BCUT2D eigenvalue weighted by Gasteiger charge is -2.07. The highest BCUT2D eigenvalue weighted by Gasteiger charge is 2.12. The molecule has 0 saturated heterocycles. The number of anilines is 1. The molecule has 0 aliphatic heterocycles. The van der Waals surface area contributed by atoms with Crippen molar-refractivity contribution < 1.29 is 18.0 Å². The number of amides is 2. The Kier molecular flexibility index (Phi) is 4.51. The first-order valence-corrected chi connectivity index (χ1v) is 7.12. The van der Waals surface area contributed by atoms with Crippen LogP contribution in [0, 0.1) is 11.6 Å². The van der Waals surface area contributed by atoms with Crippen LogP contribution >= 0.6 is 0 Å². The van der Waals surface area contributed by atoms with Gasteiger partial charge in [0.15, 0.2) is 5.76 Å². The zero-order valence-corrected chi connectivity index (χ0v) is 12.4. The van der Waals surface area contributed by atoms with E-state index in [9.17, 15) is 13.6 Å². The zero-order chi connectivity index (χ0) is 16.9. The molecule has 5 nitrogen and oxygen atoms in total. The van der Waals surface area contributed by atoms with Crippen molar-refractivity contribution in [2.75, 3.05) is 5.32 Å². The minimum Gasteiger partial charge on any atom is -0.439 e. The van der Waals surface area contributed by atoms with Gasteiger partial charge in [0.1, 0.15) is 17.3 Å². The molecular weight excluding hydrogens is 316 g/mol. The number of nitrogens with one attached hydrogen (secondary N) is 2. The fraction of sp³-hybridized carbons (Fsp3) is 0.0588. The van der Waals surface area contributed by atoms with E-state index in [2.05, 4.69) is 15.6 Å². The normalized spacial score (nSPS) is 10.4. The van der Waals surface area contributed by atoms with E-state index in [1.807, 2.05) is 30.3 Å². The molecule has 1 aromatic heterocycles. The standard InChI is InChI=1S/C17H13F2N3O2/c18-12-7-4-8-13(19)16(12)22-17(23)21-10-15-20-9-14(24-15)11-5-2-1-3-6-11/h1-9H,10H2,(H2,21,22,23). The fourth-order valence-electron chi connectivity index (χ4n) is 2.06. The van der Waals surface area contributed by atoms with Crippen LogP contribution in [0.2, 0.25) is 0 Å². The van der Waals surface area contributed by atoms with E-state index in [1.54, 1.807) is 6.20 Å². The van der Waals surface area contributed by atoms with Gasteiger partial charge < -0.3 is 15.1 Å². The highest BCUT2D eigenvalue weighted by atomic mass is 19.1. The van der Waals surface area contributed by atoms with E-state index >= 15 is 0 Å². The molecule has 0 radical (unpaired) electrons. The van der Waals surface area contributed by atoms with Crippen molar-refractivity contribution in [1.29, 1.82) is 0 Å². The third kappa shape index (κ3) is 3.57. The molecule has 0 fully saturated rings. The van der Waals surface area contributed by atoms with Gasteiger partial charge in [-0.25, -0.2) is 18.6 Å². The lowest BCUT2D eigenvalue weighted by molar-refractivity contribution is 0.250. The molecule has 7 heteroatoms. The van der Waals surface area contributed by atoms with E-state index in [0.717, 1.165) is 17.7 Å². The second-order valence-electron chi connectivity index (χ2n) is 4.89. The number of aromatic nitrogens is 1. The van der Waals surface area contributed by atoms with Gasteiger partial charge in [-0.3, -0.25) is 0 Å². The van der Waals surface area contributed by atoms with Gasteiger partial charge in [0, 0.05) is 5.56 Å². The zero-order valence-electron chi connectivity index (χ0n) is 12.4. The summed E-state index contributed by atoms with van der Waals surface area (Å²) >= 11 is 0. The molecule has 3 rings (SSSR count). The molecule has 0 saturated carbocycles. The second kappa shape index (κ2) is 6.91. The maximum absolute atomic E-state index is 13.5. The van der Waals surface area contributed by atoms with Crippen LogP contribution in [-0.4, -0.2) is 11.0 Å². The van der Waals surface area contributed by atoms with Gasteiger partial charge in [0.2, 0.25) is 5.89 Å². The average Bonchev–Trinajstić information content (AvgIpc) is 3.06. The van der Waals surface area contributed by atoms with Crippen LogP contribution in [0.4, 0.5) is 19.3 Å². The Labute approximate surface area is 136 Å². The summed E-state index contributed by atoms with van der Waals surface area (Å²) in [5.41, 5.74) is 0.349. The summed E-state index contributed by atoms with van der Waals surface area (Å²) in [7, 11) is 0. The first-order chi connectivity index (χ1) is 11.6. The largest absolute Gasteiger partial charge is 0.439 e. The number of nitrogens with zero attached hydrogens (tertiary/aromatic N) is 1. The number of urea groups is 1. The highest BCUT2D eigenvalue weighted by Crippen LogP contribution is 2.20. The molecule has 0 atom stereocenters. The Balaban J connectivity index is 1.60. The van der Waals surface area contributed by atoms with Crippen LogP contribution in [0.3, 0.4) is 0 Å². The highest BCUT2D eigenvalue weighted by molar-refractivity contribution is 5.89. The Morgan fingerprint density at radius 1 is 1.04 bits per heavy atom. The number of benzene rings is 2. The Morgan fingerprint density at radius 3 is 2.46 bits per heavy atom. The van der Waals surface area contributed by atoms with Gasteiger partial charge in [0.25, 0.3) is 0 Å². The molecule has 3 aromatic rings. The van der Waals surface area contributed by atoms with Gasteiger partial charge in [-0.05, 0) is 12.1 Å². The molecule has 0 spiro atoms. The minimum atomic E-state index is -0.854. The third-order valence-corrected chi connectivity index (χ3v) is 3.21. The lowest BCUT2D eigenvalue weighted by atomic mass is 10.2. The van der Waals surface area contributed by atoms with E-state index in [0.29, 0.717) is 5.76 Å². The lowest BCUT2D eigenvalue weighted by Crippen LogP contribution is -2.29. The molecule has 0 aliphatic rings. The number of rotatable bonds is 4. The van der Waals surface area contributed by atoms with E-state index in [-0.39, 0.29) is 12.4 Å². The quantitative estimate of drug-likeness (QED) is 0.762. The Hall–Kier alpha value is -3.22. The maximum Gasteiger partial charge on any atom is 0.319 e. The molecule has 1 heterocycles. The minimum absolute atomic E-state index is 0.0191. The summed E-state index contributed by atoms with van der Waals surface area (Å²) in [4.78, 5) is 15.8. The summed E-state index contributed by atoms with van der Waals surface area (Å²) in [6.07, 6.45) is 1.54. The number of halogens is 2. The molecule has 0 unspecified atom stereocenters. The molecule has 0 aliphatic carbocycles. The number of carbonyl (C=O) groups is 1. The van der Waals surface area contributed by atoms with Crippen LogP contribution in [0.25, 0.3) is 11.3 Å². The summed E-state index contributed by atoms with van der Waals surface area (Å²) in [6.45, 7) is -0.0191. The van der Waals surface area contributed by atoms with Crippen LogP contribution in [0.1, 0.15) is 5.89 Å². The Morgan fingerprint density at radius 2 is 1.75 bits per heavy atom. The van der Waals surface area contributed by atoms with Crippen molar-refractivity contribution in [2.24, 2.45) is 0 Å². The Bertz CT molecular complexity index is 830. The van der Waals surface area contributed by atoms with Crippen molar-refractivity contribution in [2.45, 2.75) is 6.54 Å². The smallest absolute Gasteiger partial charge is 0.319 e. The van der Waals surface area contributed by atoms with Crippen LogP contribution < -0.4 is 10.6 Å². The fourth-order valence-corrected chi connectivity index (χ4v) is 2.06. The number of para-hydroxylation sites is 1. The first-order valence-electron chi connectivity index (χ1n) is 7.12. The van der Waals surface area contributed by atoms with Crippen LogP contribution in [0.5, 0.6) is 0 Å². The maximum atomic E-state index is 13.5. The van der Waals surface area contributed by atoms with Crippen molar-refractivity contribution >= 4 is 11.7 Å². The van der Waals surface area contributed by atoms with Crippen LogP contribution in [0.15, 0.2) is 59.1 Å². The number of carbonyl (C=O) groups excluding carboxylic acids is 1. The van der Waals surface area contributed by atoms with Gasteiger partial charge in [-0.2, -0.15) is 0 Å². The predicted molar refractivity (Wildman–Crippen MR) is 84.2 cm³/mol. The van der Waals surface area contributed by atoms with Gasteiger partial charge in [-0.1, -0.05) is 36.4 Å². The van der Waals surface area contributed by atoms with Crippen molar-refractivity contribution in [1.82, 2.24) is 10.3 Å². The van der Waals surface area contributed by atoms with Crippen molar-refractivity contribution in [3.8, 4) is 11.3 Å². The van der Waals surface area contributed by atoms with E-state index < -0.39 is 23.4 Å². The third-order valence-electron chi connectivity index (χ3n) is 3.21. The van der Waals surface area contributed by atoms with E-state index in [1.165, 1.54) is 6.07 Å². The number of oxazole rings is 1. The molecular formula is C17H13F2N3O2. The molecule has 2 aromatic carbocycles. The molecule has 2 amide bonds. The summed E-state index contributed by atoms with van der Waals surface area (Å²) in [5.74, 6) is -0.869. The summed E-state index contributed by atoms with van der Waals surface area (Å²) in [6, 6.07) is 11.9. The molecule has 122 valence electrons. The molecule has 24 heavy (non-hydrogen) atoms. The van der Waals surface area contributed by atoms with Crippen LogP contribution in [-0.2, 0) is 6.54 Å². The SMILES string of the molecule is O=C(NCc1ncc(-c2ccccc2)o1)Nc1c(F)cccc1F.